The Balaban J connectivity index is 1.65. The van der Waals surface area contributed by atoms with Crippen molar-refractivity contribution in [2.24, 2.45) is 5.92 Å². The average molecular weight is 324 g/mol. The summed E-state index contributed by atoms with van der Waals surface area (Å²) in [5.41, 5.74) is 0.547. The van der Waals surface area contributed by atoms with Crippen molar-refractivity contribution in [1.29, 1.82) is 0 Å². The molecule has 1 N–H and O–H groups in total. The van der Waals surface area contributed by atoms with Crippen LogP contribution in [0.15, 0.2) is 36.5 Å². The molecule has 0 radical (unpaired) electrons. The Bertz CT molecular complexity index is 740. The molecule has 2 aliphatic rings. The van der Waals surface area contributed by atoms with Crippen molar-refractivity contribution in [2.45, 2.75) is 50.7 Å². The minimum absolute atomic E-state index is 0.0204. The first-order valence-electron chi connectivity index (χ1n) is 9.08. The maximum Gasteiger partial charge on any atom is 0.273 e. The first-order valence-corrected chi connectivity index (χ1v) is 9.08. The predicted octanol–water partition coefficient (Wildman–Crippen LogP) is 3.39. The molecule has 1 aromatic heterocycles. The van der Waals surface area contributed by atoms with Crippen LogP contribution in [0.4, 0.5) is 0 Å². The SMILES string of the molecule is O=C(c1nccc2ccccc12)N1CCCC1C1CCCCC1O. The number of pyridine rings is 1. The van der Waals surface area contributed by atoms with Crippen molar-refractivity contribution in [2.75, 3.05) is 6.54 Å². The number of hydrogen-bond acceptors (Lipinski definition) is 3. The second-order valence-corrected chi connectivity index (χ2v) is 7.10. The Kier molecular flexibility index (Phi) is 4.23. The molecule has 1 aliphatic carbocycles. The fourth-order valence-electron chi connectivity index (χ4n) is 4.50. The van der Waals surface area contributed by atoms with Crippen LogP contribution in [0.3, 0.4) is 0 Å². The first kappa shape index (κ1) is 15.6. The second-order valence-electron chi connectivity index (χ2n) is 7.10. The highest BCUT2D eigenvalue weighted by Crippen LogP contribution is 2.35. The van der Waals surface area contributed by atoms with Gasteiger partial charge in [-0.1, -0.05) is 37.1 Å². The van der Waals surface area contributed by atoms with E-state index in [1.165, 1.54) is 0 Å². The highest BCUT2D eigenvalue weighted by Gasteiger charge is 2.39. The summed E-state index contributed by atoms with van der Waals surface area (Å²) in [6.07, 6.45) is 7.63. The number of aliphatic hydroxyl groups excluding tert-OH is 1. The zero-order valence-electron chi connectivity index (χ0n) is 13.9. The third-order valence-electron chi connectivity index (χ3n) is 5.71. The van der Waals surface area contributed by atoms with Crippen LogP contribution in [0.5, 0.6) is 0 Å². The van der Waals surface area contributed by atoms with Gasteiger partial charge >= 0.3 is 0 Å². The van der Waals surface area contributed by atoms with E-state index in [4.69, 9.17) is 0 Å². The number of nitrogens with zero attached hydrogens (tertiary/aromatic N) is 2. The zero-order chi connectivity index (χ0) is 16.5. The molecule has 2 aromatic rings. The molecule has 1 aromatic carbocycles. The van der Waals surface area contributed by atoms with Crippen molar-refractivity contribution in [3.05, 3.63) is 42.2 Å². The van der Waals surface area contributed by atoms with Crippen LogP contribution in [0, 0.1) is 5.92 Å². The number of likely N-dealkylation sites (tertiary alicyclic amines) is 1. The quantitative estimate of drug-likeness (QED) is 0.921. The molecular weight excluding hydrogens is 300 g/mol. The minimum Gasteiger partial charge on any atom is -0.393 e. The molecule has 2 heterocycles. The predicted molar refractivity (Wildman–Crippen MR) is 93.8 cm³/mol. The van der Waals surface area contributed by atoms with Crippen LogP contribution in [0.25, 0.3) is 10.8 Å². The van der Waals surface area contributed by atoms with Gasteiger partial charge in [-0.3, -0.25) is 9.78 Å². The summed E-state index contributed by atoms with van der Waals surface area (Å²) in [4.78, 5) is 19.6. The molecule has 2 fully saturated rings. The van der Waals surface area contributed by atoms with Gasteiger partial charge in [-0.2, -0.15) is 0 Å². The summed E-state index contributed by atoms with van der Waals surface area (Å²) < 4.78 is 0. The van der Waals surface area contributed by atoms with E-state index in [1.807, 2.05) is 35.2 Å². The van der Waals surface area contributed by atoms with E-state index in [0.29, 0.717) is 5.69 Å². The highest BCUT2D eigenvalue weighted by molar-refractivity contribution is 6.05. The Morgan fingerprint density at radius 2 is 1.92 bits per heavy atom. The molecule has 1 amide bonds. The smallest absolute Gasteiger partial charge is 0.273 e. The summed E-state index contributed by atoms with van der Waals surface area (Å²) in [6, 6.07) is 10.0. The molecule has 0 spiro atoms. The van der Waals surface area contributed by atoms with Gasteiger partial charge in [-0.25, -0.2) is 0 Å². The molecule has 3 atom stereocenters. The van der Waals surface area contributed by atoms with Gasteiger partial charge in [0.25, 0.3) is 5.91 Å². The lowest BCUT2D eigenvalue weighted by molar-refractivity contribution is 0.0210. The van der Waals surface area contributed by atoms with Gasteiger partial charge in [0.1, 0.15) is 5.69 Å². The topological polar surface area (TPSA) is 53.4 Å². The van der Waals surface area contributed by atoms with E-state index in [0.717, 1.165) is 55.8 Å². The first-order chi connectivity index (χ1) is 11.8. The van der Waals surface area contributed by atoms with E-state index in [9.17, 15) is 9.90 Å². The number of aromatic nitrogens is 1. The number of carbonyl (C=O) groups excluding carboxylic acids is 1. The lowest BCUT2D eigenvalue weighted by Crippen LogP contribution is -2.45. The summed E-state index contributed by atoms with van der Waals surface area (Å²) in [7, 11) is 0. The molecule has 3 unspecified atom stereocenters. The number of amides is 1. The molecule has 126 valence electrons. The Morgan fingerprint density at radius 3 is 2.79 bits per heavy atom. The number of benzene rings is 1. The van der Waals surface area contributed by atoms with Crippen molar-refractivity contribution >= 4 is 16.7 Å². The number of carbonyl (C=O) groups is 1. The van der Waals surface area contributed by atoms with Crippen LogP contribution in [0.2, 0.25) is 0 Å². The Morgan fingerprint density at radius 1 is 1.08 bits per heavy atom. The molecule has 4 heteroatoms. The van der Waals surface area contributed by atoms with Gasteiger partial charge in [0, 0.05) is 30.1 Å². The van der Waals surface area contributed by atoms with E-state index in [-0.39, 0.29) is 24.0 Å². The summed E-state index contributed by atoms with van der Waals surface area (Å²) in [5.74, 6) is 0.243. The molecule has 24 heavy (non-hydrogen) atoms. The largest absolute Gasteiger partial charge is 0.393 e. The average Bonchev–Trinajstić information content (AvgIpc) is 3.10. The van der Waals surface area contributed by atoms with Crippen LogP contribution < -0.4 is 0 Å². The fourth-order valence-corrected chi connectivity index (χ4v) is 4.50. The number of aliphatic hydroxyl groups is 1. The van der Waals surface area contributed by atoms with Gasteiger partial charge in [0.15, 0.2) is 0 Å². The minimum atomic E-state index is -0.266. The Hall–Kier alpha value is -1.94. The Labute approximate surface area is 142 Å². The van der Waals surface area contributed by atoms with E-state index in [1.54, 1.807) is 6.20 Å². The molecule has 0 bridgehead atoms. The zero-order valence-corrected chi connectivity index (χ0v) is 13.9. The van der Waals surface area contributed by atoms with Crippen molar-refractivity contribution in [1.82, 2.24) is 9.88 Å². The molecule has 1 saturated carbocycles. The van der Waals surface area contributed by atoms with Crippen LogP contribution >= 0.6 is 0 Å². The normalized spacial score (nSPS) is 27.5. The third-order valence-corrected chi connectivity index (χ3v) is 5.71. The van der Waals surface area contributed by atoms with Crippen LogP contribution in [-0.2, 0) is 0 Å². The van der Waals surface area contributed by atoms with Crippen LogP contribution in [-0.4, -0.2) is 39.6 Å². The van der Waals surface area contributed by atoms with Crippen molar-refractivity contribution < 1.29 is 9.90 Å². The lowest BCUT2D eigenvalue weighted by atomic mass is 9.80. The second kappa shape index (κ2) is 6.52. The van der Waals surface area contributed by atoms with Gasteiger partial charge in [0.05, 0.1) is 6.10 Å². The fraction of sp³-hybridized carbons (Fsp3) is 0.500. The molecule has 1 saturated heterocycles. The van der Waals surface area contributed by atoms with Gasteiger partial charge in [-0.15, -0.1) is 0 Å². The third kappa shape index (κ3) is 2.69. The standard InChI is InChI=1S/C20H24N2O2/c23-18-10-4-3-8-16(18)17-9-5-13-22(17)20(24)19-15-7-2-1-6-14(15)11-12-21-19/h1-2,6-7,11-12,16-18,23H,3-5,8-10,13H2. The van der Waals surface area contributed by atoms with Crippen molar-refractivity contribution in [3.63, 3.8) is 0 Å². The lowest BCUT2D eigenvalue weighted by Gasteiger charge is -2.37. The molecular formula is C20H24N2O2. The van der Waals surface area contributed by atoms with Crippen LogP contribution in [0.1, 0.15) is 49.0 Å². The summed E-state index contributed by atoms with van der Waals surface area (Å²) in [6.45, 7) is 0.775. The monoisotopic (exact) mass is 324 g/mol. The summed E-state index contributed by atoms with van der Waals surface area (Å²) >= 11 is 0. The van der Waals surface area contributed by atoms with Gasteiger partial charge < -0.3 is 10.0 Å². The maximum absolute atomic E-state index is 13.2. The van der Waals surface area contributed by atoms with Gasteiger partial charge in [-0.05, 0) is 37.1 Å². The maximum atomic E-state index is 13.2. The number of hydrogen-bond donors (Lipinski definition) is 1. The molecule has 1 aliphatic heterocycles. The highest BCUT2D eigenvalue weighted by atomic mass is 16.3. The van der Waals surface area contributed by atoms with E-state index < -0.39 is 0 Å². The van der Waals surface area contributed by atoms with Gasteiger partial charge in [0.2, 0.25) is 0 Å². The van der Waals surface area contributed by atoms with Crippen molar-refractivity contribution in [3.8, 4) is 0 Å². The molecule has 4 nitrogen and oxygen atoms in total. The van der Waals surface area contributed by atoms with E-state index in [2.05, 4.69) is 4.98 Å². The molecule has 4 rings (SSSR count). The number of fused-ring (bicyclic) bond motifs is 1. The number of rotatable bonds is 2. The summed E-state index contributed by atoms with van der Waals surface area (Å²) in [5, 5.41) is 12.4. The van der Waals surface area contributed by atoms with E-state index >= 15 is 0 Å².